The van der Waals surface area contributed by atoms with Crippen molar-refractivity contribution in [2.75, 3.05) is 46.4 Å². The third kappa shape index (κ3) is 15.1. The van der Waals surface area contributed by atoms with Gasteiger partial charge in [-0.3, -0.25) is 9.80 Å². The molecule has 2 heterocycles. The lowest BCUT2D eigenvalue weighted by molar-refractivity contribution is -0.0152. The lowest BCUT2D eigenvalue weighted by atomic mass is 10.0. The Labute approximate surface area is 346 Å². The van der Waals surface area contributed by atoms with Gasteiger partial charge in [-0.25, -0.2) is 24.0 Å². The average Bonchev–Trinajstić information content (AvgIpc) is 3.08. The minimum absolute atomic E-state index is 0.256. The first-order chi connectivity index (χ1) is 26.2. The van der Waals surface area contributed by atoms with Crippen LogP contribution in [0.5, 0.6) is 0 Å². The molecule has 0 aliphatic carbocycles. The van der Waals surface area contributed by atoms with E-state index in [9.17, 15) is 24.0 Å². The average molecular weight is 862 g/mol. The zero-order valence-corrected chi connectivity index (χ0v) is 37.4. The summed E-state index contributed by atoms with van der Waals surface area (Å²) in [5, 5.41) is 0. The van der Waals surface area contributed by atoms with Gasteiger partial charge >= 0.3 is 30.3 Å². The van der Waals surface area contributed by atoms with E-state index in [1.54, 1.807) is 43.9 Å². The summed E-state index contributed by atoms with van der Waals surface area (Å²) >= 11 is 3.43. The second kappa shape index (κ2) is 18.8. The number of piperazine rings is 2. The fourth-order valence-corrected chi connectivity index (χ4v) is 6.11. The topological polar surface area (TPSA) is 144 Å². The van der Waals surface area contributed by atoms with Gasteiger partial charge in [-0.05, 0) is 118 Å². The van der Waals surface area contributed by atoms with Crippen LogP contribution in [0, 0.1) is 0 Å². The lowest BCUT2D eigenvalue weighted by Gasteiger charge is -2.42. The Bertz CT molecular complexity index is 1710. The van der Waals surface area contributed by atoms with Crippen LogP contribution in [0.25, 0.3) is 0 Å². The first-order valence-corrected chi connectivity index (χ1v) is 19.8. The van der Waals surface area contributed by atoms with E-state index in [-0.39, 0.29) is 24.8 Å². The molecular formula is C42H61BrN4O10. The fraction of sp³-hybridized carbons (Fsp3) is 0.595. The molecule has 0 bridgehead atoms. The predicted molar refractivity (Wildman–Crippen MR) is 219 cm³/mol. The van der Waals surface area contributed by atoms with Crippen LogP contribution in [-0.2, 0) is 23.7 Å². The van der Waals surface area contributed by atoms with Crippen molar-refractivity contribution in [2.45, 2.75) is 118 Å². The van der Waals surface area contributed by atoms with Crippen molar-refractivity contribution in [1.29, 1.82) is 0 Å². The summed E-state index contributed by atoms with van der Waals surface area (Å²) in [5.74, 6) is -0.440. The number of esters is 1. The van der Waals surface area contributed by atoms with Gasteiger partial charge in [-0.2, -0.15) is 0 Å². The van der Waals surface area contributed by atoms with Crippen LogP contribution in [-0.4, -0.2) is 119 Å². The van der Waals surface area contributed by atoms with Gasteiger partial charge in [-0.15, -0.1) is 0 Å². The molecule has 0 spiro atoms. The van der Waals surface area contributed by atoms with Crippen LogP contribution in [0.1, 0.15) is 117 Å². The van der Waals surface area contributed by atoms with E-state index in [0.717, 1.165) is 15.6 Å². The summed E-state index contributed by atoms with van der Waals surface area (Å²) in [5.41, 5.74) is -0.268. The molecule has 2 aromatic rings. The third-order valence-corrected chi connectivity index (χ3v) is 8.82. The zero-order valence-electron chi connectivity index (χ0n) is 35.8. The van der Waals surface area contributed by atoms with Gasteiger partial charge in [0.2, 0.25) is 0 Å². The molecule has 0 saturated carbocycles. The number of methoxy groups -OCH3 is 1. The molecule has 2 fully saturated rings. The molecule has 2 atom stereocenters. The summed E-state index contributed by atoms with van der Waals surface area (Å²) in [6.07, 6.45) is -1.62. The smallest absolute Gasteiger partial charge is 0.410 e. The van der Waals surface area contributed by atoms with E-state index >= 15 is 0 Å². The molecule has 316 valence electrons. The molecule has 0 radical (unpaired) electrons. The maximum atomic E-state index is 12.8. The second-order valence-electron chi connectivity index (χ2n) is 17.9. The number of hydrogen-bond donors (Lipinski definition) is 0. The van der Waals surface area contributed by atoms with Gasteiger partial charge in [0.15, 0.2) is 0 Å². The van der Waals surface area contributed by atoms with E-state index in [0.29, 0.717) is 38.3 Å². The Kier molecular flexibility index (Phi) is 15.5. The highest BCUT2D eigenvalue weighted by molar-refractivity contribution is 9.10. The first kappa shape index (κ1) is 46.8. The maximum absolute atomic E-state index is 12.8. The standard InChI is InChI=1S/C22H32N2O6.C20H29BrN2O4/c1-21(2,3)29-19(26)23-12-13-24(20(27)30-22(4,5)6)17(14-23)15-8-10-16(11-9-15)18(25)28-7;1-19(2,3)26-17(24)22-11-12-23(18(25)27-20(4,5)6)16(13-22)14-7-9-15(21)10-8-14/h8-11,17H,12-14H2,1-7H3;7-10,16H,11-13H2,1-6H3. The zero-order chi connectivity index (χ0) is 43.1. The summed E-state index contributed by atoms with van der Waals surface area (Å²) in [6.45, 7) is 24.0. The van der Waals surface area contributed by atoms with E-state index in [1.165, 1.54) is 7.11 Å². The van der Waals surface area contributed by atoms with Crippen molar-refractivity contribution in [2.24, 2.45) is 0 Å². The fourth-order valence-electron chi connectivity index (χ4n) is 5.84. The molecule has 2 aromatic carbocycles. The highest BCUT2D eigenvalue weighted by Gasteiger charge is 2.39. The van der Waals surface area contributed by atoms with Crippen LogP contribution in [0.4, 0.5) is 19.2 Å². The van der Waals surface area contributed by atoms with E-state index < -0.39 is 46.6 Å². The number of amides is 4. The van der Waals surface area contributed by atoms with Crippen LogP contribution in [0.2, 0.25) is 0 Å². The van der Waals surface area contributed by atoms with Crippen LogP contribution in [0.3, 0.4) is 0 Å². The molecule has 2 aliphatic heterocycles. The summed E-state index contributed by atoms with van der Waals surface area (Å²) in [7, 11) is 1.32. The van der Waals surface area contributed by atoms with Gasteiger partial charge in [-0.1, -0.05) is 40.2 Å². The van der Waals surface area contributed by atoms with Crippen molar-refractivity contribution < 1.29 is 47.7 Å². The second-order valence-corrected chi connectivity index (χ2v) is 18.8. The minimum Gasteiger partial charge on any atom is -0.465 e. The SMILES string of the molecule is CC(C)(C)OC(=O)N1CCN(C(=O)OC(C)(C)C)C(c2ccc(Br)cc2)C1.COC(=O)c1ccc(C2CN(C(=O)OC(C)(C)C)CCN2C(=O)OC(C)(C)C)cc1. The van der Waals surface area contributed by atoms with Gasteiger partial charge in [0.25, 0.3) is 0 Å². The molecule has 0 aromatic heterocycles. The Morgan fingerprint density at radius 3 is 1.14 bits per heavy atom. The molecule has 2 aliphatic rings. The normalized spacial score (nSPS) is 17.8. The first-order valence-electron chi connectivity index (χ1n) is 19.0. The molecule has 4 amide bonds. The van der Waals surface area contributed by atoms with Crippen molar-refractivity contribution in [1.82, 2.24) is 19.6 Å². The number of halogens is 1. The Morgan fingerprint density at radius 2 is 0.825 bits per heavy atom. The monoisotopic (exact) mass is 860 g/mol. The summed E-state index contributed by atoms with van der Waals surface area (Å²) < 4.78 is 27.8. The molecule has 57 heavy (non-hydrogen) atoms. The number of hydrogen-bond acceptors (Lipinski definition) is 10. The summed E-state index contributed by atoms with van der Waals surface area (Å²) in [4.78, 5) is 68.9. The summed E-state index contributed by atoms with van der Waals surface area (Å²) in [6, 6.07) is 13.8. The molecular weight excluding hydrogens is 800 g/mol. The highest BCUT2D eigenvalue weighted by atomic mass is 79.9. The Balaban J connectivity index is 0.000000307. The van der Waals surface area contributed by atoms with E-state index in [1.807, 2.05) is 107 Å². The number of benzene rings is 2. The minimum atomic E-state index is -0.640. The Hall–Kier alpha value is -4.53. The molecule has 15 heteroatoms. The van der Waals surface area contributed by atoms with Gasteiger partial charge < -0.3 is 33.5 Å². The lowest BCUT2D eigenvalue weighted by Crippen LogP contribution is -2.54. The number of carbonyl (C=O) groups is 5. The molecule has 2 saturated heterocycles. The number of ether oxygens (including phenoxy) is 5. The third-order valence-electron chi connectivity index (χ3n) is 8.29. The van der Waals surface area contributed by atoms with Gasteiger partial charge in [0.05, 0.1) is 24.8 Å². The largest absolute Gasteiger partial charge is 0.465 e. The Morgan fingerprint density at radius 1 is 0.509 bits per heavy atom. The van der Waals surface area contributed by atoms with Crippen LogP contribution >= 0.6 is 15.9 Å². The number of nitrogens with zero attached hydrogens (tertiary/aromatic N) is 4. The van der Waals surface area contributed by atoms with Crippen LogP contribution < -0.4 is 0 Å². The highest BCUT2D eigenvalue weighted by Crippen LogP contribution is 2.31. The molecule has 4 rings (SSSR count). The predicted octanol–water partition coefficient (Wildman–Crippen LogP) is 8.98. The van der Waals surface area contributed by atoms with E-state index in [2.05, 4.69) is 15.9 Å². The quantitative estimate of drug-likeness (QED) is 0.217. The van der Waals surface area contributed by atoms with E-state index in [4.69, 9.17) is 23.7 Å². The van der Waals surface area contributed by atoms with Crippen molar-refractivity contribution in [3.05, 3.63) is 69.7 Å². The van der Waals surface area contributed by atoms with Gasteiger partial charge in [0.1, 0.15) is 22.4 Å². The maximum Gasteiger partial charge on any atom is 0.410 e. The molecule has 0 N–H and O–H groups in total. The molecule has 2 unspecified atom stereocenters. The van der Waals surface area contributed by atoms with Crippen molar-refractivity contribution >= 4 is 46.3 Å². The van der Waals surface area contributed by atoms with Crippen LogP contribution in [0.15, 0.2) is 53.0 Å². The van der Waals surface area contributed by atoms with Crippen molar-refractivity contribution in [3.8, 4) is 0 Å². The number of rotatable bonds is 3. The van der Waals surface area contributed by atoms with Crippen molar-refractivity contribution in [3.63, 3.8) is 0 Å². The molecule has 14 nitrogen and oxygen atoms in total. The number of carbonyl (C=O) groups excluding carboxylic acids is 5. The van der Waals surface area contributed by atoms with Gasteiger partial charge in [0, 0.05) is 43.7 Å².